The predicted molar refractivity (Wildman–Crippen MR) is 82.2 cm³/mol. The van der Waals surface area contributed by atoms with Crippen LogP contribution in [0.4, 0.5) is 4.39 Å². The van der Waals surface area contributed by atoms with Crippen LogP contribution in [0.25, 0.3) is 0 Å². The second-order valence-electron chi connectivity index (χ2n) is 5.57. The summed E-state index contributed by atoms with van der Waals surface area (Å²) in [5.74, 6) is -0.458. The molecule has 0 radical (unpaired) electrons. The number of amides is 1. The molecule has 0 unspecified atom stereocenters. The number of carbonyl (C=O) groups is 1. The summed E-state index contributed by atoms with van der Waals surface area (Å²) in [5, 5.41) is 2.94. The minimum atomic E-state index is -3.23. The van der Waals surface area contributed by atoms with Gasteiger partial charge in [-0.25, -0.2) is 17.1 Å². The largest absolute Gasteiger partial charge is 0.347 e. The molecule has 1 amide bonds. The van der Waals surface area contributed by atoms with Crippen molar-refractivity contribution in [2.45, 2.75) is 32.2 Å². The van der Waals surface area contributed by atoms with Crippen LogP contribution in [0.15, 0.2) is 24.3 Å². The van der Waals surface area contributed by atoms with Crippen LogP contribution < -0.4 is 5.32 Å². The Morgan fingerprint density at radius 2 is 1.82 bits per heavy atom. The topological polar surface area (TPSA) is 66.5 Å². The Balaban J connectivity index is 2.27. The number of carbonyl (C=O) groups excluding carboxylic acids is 1. The van der Waals surface area contributed by atoms with Gasteiger partial charge in [-0.3, -0.25) is 4.79 Å². The highest BCUT2D eigenvalue weighted by atomic mass is 32.2. The third-order valence-corrected chi connectivity index (χ3v) is 6.03. The molecule has 122 valence electrons. The lowest BCUT2D eigenvalue weighted by Crippen LogP contribution is -2.53. The summed E-state index contributed by atoms with van der Waals surface area (Å²) in [6, 6.07) is 6.01. The summed E-state index contributed by atoms with van der Waals surface area (Å²) in [6.07, 6.45) is 0.939. The summed E-state index contributed by atoms with van der Waals surface area (Å²) in [6.45, 7) is 3.73. The minimum absolute atomic E-state index is 0.0662. The van der Waals surface area contributed by atoms with Crippen molar-refractivity contribution in [3.63, 3.8) is 0 Å². The highest BCUT2D eigenvalue weighted by Crippen LogP contribution is 2.34. The fraction of sp³-hybridized carbons (Fsp3) is 0.533. The summed E-state index contributed by atoms with van der Waals surface area (Å²) in [5.41, 5.74) is 0.164. The van der Waals surface area contributed by atoms with Crippen molar-refractivity contribution in [2.75, 3.05) is 18.8 Å². The van der Waals surface area contributed by atoms with Crippen LogP contribution in [0.5, 0.6) is 0 Å². The summed E-state index contributed by atoms with van der Waals surface area (Å²) in [7, 11) is -3.23. The molecule has 1 aromatic carbocycles. The van der Waals surface area contributed by atoms with Crippen molar-refractivity contribution >= 4 is 15.9 Å². The van der Waals surface area contributed by atoms with Gasteiger partial charge in [0, 0.05) is 20.0 Å². The molecule has 0 saturated carbocycles. The van der Waals surface area contributed by atoms with Gasteiger partial charge in [-0.1, -0.05) is 12.1 Å². The average Bonchev–Trinajstić information content (AvgIpc) is 2.47. The predicted octanol–water partition coefficient (Wildman–Crippen LogP) is 1.60. The van der Waals surface area contributed by atoms with Crippen molar-refractivity contribution in [1.82, 2.24) is 9.62 Å². The van der Waals surface area contributed by atoms with Crippen molar-refractivity contribution in [2.24, 2.45) is 0 Å². The first-order valence-corrected chi connectivity index (χ1v) is 8.92. The zero-order chi connectivity index (χ0) is 16.4. The van der Waals surface area contributed by atoms with Gasteiger partial charge >= 0.3 is 0 Å². The first kappa shape index (κ1) is 16.9. The molecule has 1 N–H and O–H groups in total. The van der Waals surface area contributed by atoms with Crippen LogP contribution >= 0.6 is 0 Å². The average molecular weight is 328 g/mol. The fourth-order valence-electron chi connectivity index (χ4n) is 2.92. The lowest BCUT2D eigenvalue weighted by Gasteiger charge is -2.42. The zero-order valence-corrected chi connectivity index (χ0v) is 13.6. The van der Waals surface area contributed by atoms with Crippen LogP contribution in [0, 0.1) is 5.82 Å². The Labute approximate surface area is 130 Å². The molecule has 0 aromatic heterocycles. The van der Waals surface area contributed by atoms with E-state index in [0.717, 1.165) is 5.56 Å². The number of benzene rings is 1. The van der Waals surface area contributed by atoms with Gasteiger partial charge in [0.25, 0.3) is 0 Å². The van der Waals surface area contributed by atoms with Gasteiger partial charge in [0.2, 0.25) is 15.9 Å². The molecule has 1 aliphatic heterocycles. The van der Waals surface area contributed by atoms with Crippen molar-refractivity contribution < 1.29 is 17.6 Å². The van der Waals surface area contributed by atoms with E-state index in [2.05, 4.69) is 5.32 Å². The lowest BCUT2D eigenvalue weighted by molar-refractivity contribution is -0.121. The summed E-state index contributed by atoms with van der Waals surface area (Å²) >= 11 is 0. The summed E-state index contributed by atoms with van der Waals surface area (Å²) in [4.78, 5) is 11.6. The quantitative estimate of drug-likeness (QED) is 0.913. The molecule has 1 aromatic rings. The monoisotopic (exact) mass is 328 g/mol. The van der Waals surface area contributed by atoms with Crippen molar-refractivity contribution in [1.29, 1.82) is 0 Å². The van der Waals surface area contributed by atoms with Crippen LogP contribution in [0.3, 0.4) is 0 Å². The number of piperidine rings is 1. The Hall–Kier alpha value is -1.47. The molecular weight excluding hydrogens is 307 g/mol. The third-order valence-electron chi connectivity index (χ3n) is 4.15. The highest BCUT2D eigenvalue weighted by Gasteiger charge is 2.39. The maximum absolute atomic E-state index is 13.1. The van der Waals surface area contributed by atoms with E-state index in [9.17, 15) is 17.6 Å². The van der Waals surface area contributed by atoms with Gasteiger partial charge in [0.1, 0.15) is 5.82 Å². The number of nitrogens with one attached hydrogen (secondary N) is 1. The van der Waals surface area contributed by atoms with Gasteiger partial charge in [-0.15, -0.1) is 0 Å². The van der Waals surface area contributed by atoms with E-state index in [0.29, 0.717) is 25.9 Å². The second-order valence-corrected chi connectivity index (χ2v) is 7.83. The molecule has 1 saturated heterocycles. The molecule has 22 heavy (non-hydrogen) atoms. The van der Waals surface area contributed by atoms with Gasteiger partial charge in [-0.2, -0.15) is 0 Å². The van der Waals surface area contributed by atoms with Crippen LogP contribution in [-0.2, 0) is 20.4 Å². The van der Waals surface area contributed by atoms with E-state index >= 15 is 0 Å². The number of halogens is 1. The molecule has 1 fully saturated rings. The maximum Gasteiger partial charge on any atom is 0.217 e. The maximum atomic E-state index is 13.1. The van der Waals surface area contributed by atoms with Crippen LogP contribution in [-0.4, -0.2) is 37.5 Å². The molecule has 7 heteroatoms. The fourth-order valence-corrected chi connectivity index (χ4v) is 4.02. The third kappa shape index (κ3) is 3.47. The summed E-state index contributed by atoms with van der Waals surface area (Å²) < 4.78 is 38.5. The van der Waals surface area contributed by atoms with Gasteiger partial charge in [0.05, 0.1) is 11.3 Å². The molecule has 5 nitrogen and oxygen atoms in total. The van der Waals surface area contributed by atoms with E-state index in [1.807, 2.05) is 0 Å². The van der Waals surface area contributed by atoms with E-state index in [1.165, 1.54) is 23.4 Å². The Kier molecular flexibility index (Phi) is 4.87. The van der Waals surface area contributed by atoms with Crippen molar-refractivity contribution in [3.05, 3.63) is 35.6 Å². The minimum Gasteiger partial charge on any atom is -0.347 e. The Morgan fingerprint density at radius 1 is 1.27 bits per heavy atom. The van der Waals surface area contributed by atoms with Crippen molar-refractivity contribution in [3.8, 4) is 0 Å². The molecule has 0 aliphatic carbocycles. The number of hydrogen-bond donors (Lipinski definition) is 1. The van der Waals surface area contributed by atoms with E-state index in [1.54, 1.807) is 19.1 Å². The number of hydrogen-bond acceptors (Lipinski definition) is 3. The number of rotatable bonds is 4. The highest BCUT2D eigenvalue weighted by molar-refractivity contribution is 7.89. The molecule has 1 aliphatic rings. The second kappa shape index (κ2) is 6.34. The molecular formula is C15H21FN2O3S. The molecule has 1 heterocycles. The zero-order valence-electron chi connectivity index (χ0n) is 12.8. The SMILES string of the molecule is CCS(=O)(=O)N1CCC(NC(C)=O)(c2ccc(F)cc2)CC1. The van der Waals surface area contributed by atoms with E-state index < -0.39 is 15.6 Å². The van der Waals surface area contributed by atoms with Crippen LogP contribution in [0.1, 0.15) is 32.3 Å². The van der Waals surface area contributed by atoms with E-state index in [4.69, 9.17) is 0 Å². The number of sulfonamides is 1. The van der Waals surface area contributed by atoms with Gasteiger partial charge in [-0.05, 0) is 37.5 Å². The van der Waals surface area contributed by atoms with Gasteiger partial charge < -0.3 is 5.32 Å². The van der Waals surface area contributed by atoms with E-state index in [-0.39, 0.29) is 17.5 Å². The van der Waals surface area contributed by atoms with Crippen LogP contribution in [0.2, 0.25) is 0 Å². The smallest absolute Gasteiger partial charge is 0.217 e. The normalized spacial score (nSPS) is 18.9. The Bertz CT molecular complexity index is 635. The Morgan fingerprint density at radius 3 is 2.27 bits per heavy atom. The standard InChI is InChI=1S/C15H21FN2O3S/c1-3-22(20,21)18-10-8-15(9-11-18,17-12(2)19)13-4-6-14(16)7-5-13/h4-7H,3,8-11H2,1-2H3,(H,17,19). The first-order valence-electron chi connectivity index (χ1n) is 7.32. The van der Waals surface area contributed by atoms with Gasteiger partial charge in [0.15, 0.2) is 0 Å². The first-order chi connectivity index (χ1) is 10.3. The number of nitrogens with zero attached hydrogens (tertiary/aromatic N) is 1. The molecule has 0 atom stereocenters. The lowest BCUT2D eigenvalue weighted by atomic mass is 9.81. The molecule has 0 spiro atoms. The molecule has 0 bridgehead atoms. The molecule has 2 rings (SSSR count).